The summed E-state index contributed by atoms with van der Waals surface area (Å²) in [4.78, 5) is 6.87. The summed E-state index contributed by atoms with van der Waals surface area (Å²) in [5.41, 5.74) is 0.975. The minimum absolute atomic E-state index is 0.176. The second-order valence-corrected chi connectivity index (χ2v) is 4.77. The molecule has 17 heavy (non-hydrogen) atoms. The second-order valence-electron chi connectivity index (χ2n) is 4.36. The summed E-state index contributed by atoms with van der Waals surface area (Å²) >= 11 is 5.77. The van der Waals surface area contributed by atoms with Crippen molar-refractivity contribution in [1.29, 1.82) is 0 Å². The average Bonchev–Trinajstić information content (AvgIpc) is 2.34. The van der Waals surface area contributed by atoms with E-state index in [4.69, 9.17) is 17.5 Å². The number of rotatable bonds is 3. The van der Waals surface area contributed by atoms with Crippen molar-refractivity contribution in [1.82, 2.24) is 0 Å². The van der Waals surface area contributed by atoms with Crippen molar-refractivity contribution in [2.45, 2.75) is 12.8 Å². The van der Waals surface area contributed by atoms with E-state index < -0.39 is 0 Å². The van der Waals surface area contributed by atoms with Crippen LogP contribution in [0.3, 0.4) is 0 Å². The third kappa shape index (κ3) is 3.09. The molecule has 0 atom stereocenters. The zero-order valence-electron chi connectivity index (χ0n) is 9.53. The molecule has 3 nitrogen and oxygen atoms in total. The molecule has 2 rings (SSSR count). The maximum atomic E-state index is 13.0. The SMILES string of the molecule is NOCC1CCN(c2ccc(F)c(Cl)c2)CC1. The van der Waals surface area contributed by atoms with E-state index in [0.29, 0.717) is 12.5 Å². The Balaban J connectivity index is 1.98. The first-order valence-electron chi connectivity index (χ1n) is 5.72. The van der Waals surface area contributed by atoms with Crippen LogP contribution in [-0.4, -0.2) is 19.7 Å². The average molecular weight is 259 g/mol. The molecular formula is C12H16ClFN2O. The number of piperidine rings is 1. The molecule has 0 aromatic heterocycles. The molecule has 1 fully saturated rings. The van der Waals surface area contributed by atoms with Crippen molar-refractivity contribution < 1.29 is 9.23 Å². The molecule has 0 amide bonds. The van der Waals surface area contributed by atoms with Gasteiger partial charge in [0.2, 0.25) is 0 Å². The van der Waals surface area contributed by atoms with Crippen molar-refractivity contribution in [3.8, 4) is 0 Å². The van der Waals surface area contributed by atoms with Gasteiger partial charge >= 0.3 is 0 Å². The summed E-state index contributed by atoms with van der Waals surface area (Å²) in [5.74, 6) is 5.22. The Morgan fingerprint density at radius 3 is 2.71 bits per heavy atom. The summed E-state index contributed by atoms with van der Waals surface area (Å²) in [6, 6.07) is 4.85. The minimum atomic E-state index is -0.373. The minimum Gasteiger partial charge on any atom is -0.371 e. The van der Waals surface area contributed by atoms with Gasteiger partial charge in [-0.3, -0.25) is 0 Å². The lowest BCUT2D eigenvalue weighted by Gasteiger charge is -2.33. The third-order valence-corrected chi connectivity index (χ3v) is 3.50. The lowest BCUT2D eigenvalue weighted by atomic mass is 9.97. The molecule has 0 unspecified atom stereocenters. The first-order chi connectivity index (χ1) is 8.20. The monoisotopic (exact) mass is 258 g/mol. The first kappa shape index (κ1) is 12.6. The maximum absolute atomic E-state index is 13.0. The highest BCUT2D eigenvalue weighted by Crippen LogP contribution is 2.26. The number of nitrogens with two attached hydrogens (primary N) is 1. The van der Waals surface area contributed by atoms with Crippen molar-refractivity contribution in [2.75, 3.05) is 24.6 Å². The zero-order chi connectivity index (χ0) is 12.3. The van der Waals surface area contributed by atoms with Gasteiger partial charge in [-0.15, -0.1) is 0 Å². The van der Waals surface area contributed by atoms with Crippen LogP contribution < -0.4 is 10.8 Å². The fourth-order valence-corrected chi connectivity index (χ4v) is 2.35. The molecule has 1 aromatic rings. The predicted molar refractivity (Wildman–Crippen MR) is 66.5 cm³/mol. The van der Waals surface area contributed by atoms with Crippen LogP contribution in [0.4, 0.5) is 10.1 Å². The number of benzene rings is 1. The Hall–Kier alpha value is -0.840. The Kier molecular flexibility index (Phi) is 4.20. The van der Waals surface area contributed by atoms with E-state index >= 15 is 0 Å². The highest BCUT2D eigenvalue weighted by molar-refractivity contribution is 6.31. The summed E-state index contributed by atoms with van der Waals surface area (Å²) in [7, 11) is 0. The van der Waals surface area contributed by atoms with Crippen LogP contribution in [0.5, 0.6) is 0 Å². The quantitative estimate of drug-likeness (QED) is 0.847. The maximum Gasteiger partial charge on any atom is 0.141 e. The Morgan fingerprint density at radius 1 is 1.41 bits per heavy atom. The van der Waals surface area contributed by atoms with Gasteiger partial charge in [-0.25, -0.2) is 10.3 Å². The molecule has 0 spiro atoms. The first-order valence-corrected chi connectivity index (χ1v) is 6.10. The largest absolute Gasteiger partial charge is 0.371 e. The lowest BCUT2D eigenvalue weighted by Crippen LogP contribution is -2.35. The fraction of sp³-hybridized carbons (Fsp3) is 0.500. The summed E-state index contributed by atoms with van der Waals surface area (Å²) in [6.07, 6.45) is 2.07. The van der Waals surface area contributed by atoms with Gasteiger partial charge in [0.1, 0.15) is 5.82 Å². The number of halogens is 2. The molecule has 2 N–H and O–H groups in total. The van der Waals surface area contributed by atoms with E-state index in [9.17, 15) is 4.39 Å². The molecule has 0 radical (unpaired) electrons. The standard InChI is InChI=1S/C12H16ClFN2O/c13-11-7-10(1-2-12(11)14)16-5-3-9(4-6-16)8-17-15/h1-2,7,9H,3-6,8,15H2. The molecule has 1 aliphatic rings. The van der Waals surface area contributed by atoms with Crippen LogP contribution >= 0.6 is 11.6 Å². The smallest absolute Gasteiger partial charge is 0.141 e. The molecule has 5 heteroatoms. The van der Waals surface area contributed by atoms with Gasteiger partial charge in [0.05, 0.1) is 11.6 Å². The van der Waals surface area contributed by atoms with E-state index in [1.165, 1.54) is 6.07 Å². The Bertz CT molecular complexity index is 381. The number of anilines is 1. The highest BCUT2D eigenvalue weighted by Gasteiger charge is 2.19. The molecule has 0 bridgehead atoms. The van der Waals surface area contributed by atoms with Crippen LogP contribution in [-0.2, 0) is 4.84 Å². The van der Waals surface area contributed by atoms with E-state index in [-0.39, 0.29) is 10.8 Å². The van der Waals surface area contributed by atoms with Gasteiger partial charge in [0.15, 0.2) is 0 Å². The van der Waals surface area contributed by atoms with Gasteiger partial charge in [0.25, 0.3) is 0 Å². The number of hydrogen-bond donors (Lipinski definition) is 1. The molecule has 0 aliphatic carbocycles. The second kappa shape index (κ2) is 5.67. The van der Waals surface area contributed by atoms with E-state index in [0.717, 1.165) is 31.6 Å². The summed E-state index contributed by atoms with van der Waals surface area (Å²) in [5, 5.41) is 0.176. The van der Waals surface area contributed by atoms with Crippen LogP contribution in [0.2, 0.25) is 5.02 Å². The molecule has 1 heterocycles. The van der Waals surface area contributed by atoms with E-state index in [2.05, 4.69) is 9.74 Å². The molecular weight excluding hydrogens is 243 g/mol. The van der Waals surface area contributed by atoms with Crippen LogP contribution in [0.25, 0.3) is 0 Å². The topological polar surface area (TPSA) is 38.5 Å². The van der Waals surface area contributed by atoms with Gasteiger partial charge in [-0.1, -0.05) is 11.6 Å². The molecule has 1 aliphatic heterocycles. The van der Waals surface area contributed by atoms with Gasteiger partial charge in [-0.2, -0.15) is 0 Å². The number of hydrogen-bond acceptors (Lipinski definition) is 3. The summed E-state index contributed by atoms with van der Waals surface area (Å²) in [6.45, 7) is 2.46. The highest BCUT2D eigenvalue weighted by atomic mass is 35.5. The molecule has 1 aromatic carbocycles. The van der Waals surface area contributed by atoms with Crippen LogP contribution in [0.1, 0.15) is 12.8 Å². The van der Waals surface area contributed by atoms with Crippen molar-refractivity contribution in [3.63, 3.8) is 0 Å². The normalized spacial score (nSPS) is 17.5. The van der Waals surface area contributed by atoms with Crippen molar-refractivity contribution in [2.24, 2.45) is 11.8 Å². The fourth-order valence-electron chi connectivity index (χ4n) is 2.18. The Labute approximate surface area is 105 Å². The molecule has 1 saturated heterocycles. The van der Waals surface area contributed by atoms with Crippen molar-refractivity contribution in [3.05, 3.63) is 29.0 Å². The van der Waals surface area contributed by atoms with Gasteiger partial charge < -0.3 is 9.74 Å². The zero-order valence-corrected chi connectivity index (χ0v) is 10.3. The van der Waals surface area contributed by atoms with Crippen molar-refractivity contribution >= 4 is 17.3 Å². The van der Waals surface area contributed by atoms with Gasteiger partial charge in [0, 0.05) is 18.8 Å². The third-order valence-electron chi connectivity index (χ3n) is 3.21. The molecule has 0 saturated carbocycles. The lowest BCUT2D eigenvalue weighted by molar-refractivity contribution is 0.0918. The predicted octanol–water partition coefficient (Wildman–Crippen LogP) is 2.59. The van der Waals surface area contributed by atoms with Crippen LogP contribution in [0, 0.1) is 11.7 Å². The van der Waals surface area contributed by atoms with Crippen LogP contribution in [0.15, 0.2) is 18.2 Å². The summed E-state index contributed by atoms with van der Waals surface area (Å²) < 4.78 is 13.0. The van der Waals surface area contributed by atoms with E-state index in [1.807, 2.05) is 0 Å². The van der Waals surface area contributed by atoms with E-state index in [1.54, 1.807) is 12.1 Å². The molecule has 94 valence electrons. The number of nitrogens with zero attached hydrogens (tertiary/aromatic N) is 1. The van der Waals surface area contributed by atoms with Gasteiger partial charge in [-0.05, 0) is 37.0 Å². The Morgan fingerprint density at radius 2 is 2.12 bits per heavy atom.